The number of esters is 2. The molecule has 0 aromatic carbocycles. The summed E-state index contributed by atoms with van der Waals surface area (Å²) in [5.74, 6) is -2.57. The summed E-state index contributed by atoms with van der Waals surface area (Å²) in [5.41, 5.74) is 0. The van der Waals surface area contributed by atoms with E-state index in [1.807, 2.05) is 47.0 Å². The van der Waals surface area contributed by atoms with Gasteiger partial charge >= 0.3 is 71.6 Å². The molecule has 0 bridgehead atoms. The van der Waals surface area contributed by atoms with Gasteiger partial charge in [-0.3, -0.25) is 33.6 Å². The molecule has 10 saturated heterocycles. The number of carbonyl (C=O) groups excluding carboxylic acids is 9. The SMILES string of the molecule is C.COC(=O)CCCC[C@@H]1SC[C@@H]2NC(=O)N[C@@H]21.COC(=O)CCCC[C@@H]1SC[C@@H]2NC(=S)N[C@@H]21.O=C(CCCC[C@@H]1SC[C@@H]2NC(=S)N[C@@H]21)ON1C(=O)CCC1=O.O=C(O)CCCC[C@@H]1SC[C@@H]2NC(=S)N[C@@H]21.O=C1CCC(=O)N1OC(=O)C(F)(F)F.[Na+].[OH-]. The van der Waals surface area contributed by atoms with E-state index in [0.29, 0.717) is 81.6 Å². The van der Waals surface area contributed by atoms with E-state index >= 15 is 0 Å². The van der Waals surface area contributed by atoms with Gasteiger partial charge in [0.1, 0.15) is 0 Å². The molecule has 0 radical (unpaired) electrons. The van der Waals surface area contributed by atoms with Gasteiger partial charge in [-0.15, -0.1) is 10.1 Å². The maximum Gasteiger partial charge on any atom is 1.00 e. The first-order valence-electron chi connectivity index (χ1n) is 28.8. The molecule has 37 heteroatoms. The number of ether oxygens (including phenoxy) is 2. The van der Waals surface area contributed by atoms with E-state index in [1.54, 1.807) is 0 Å². The zero-order valence-electron chi connectivity index (χ0n) is 49.4. The van der Waals surface area contributed by atoms with E-state index in [4.69, 9.17) is 46.6 Å². The predicted octanol–water partition coefficient (Wildman–Crippen LogP) is 1.00. The van der Waals surface area contributed by atoms with E-state index in [1.165, 1.54) is 14.2 Å². The van der Waals surface area contributed by atoms with Gasteiger partial charge in [0, 0.05) is 95.4 Å². The number of aliphatic carboxylic acids is 1. The number of nitrogens with zero attached hydrogens (tertiary/aromatic N) is 2. The molecule has 0 saturated carbocycles. The molecule has 0 spiro atoms. The zero-order valence-corrected chi connectivity index (χ0v) is 57.1. The van der Waals surface area contributed by atoms with Crippen molar-refractivity contribution >= 4 is 159 Å². The molecule has 502 valence electrons. The number of thiocarbonyl (C=S) groups is 3. The Kier molecular flexibility index (Phi) is 35.5. The summed E-state index contributed by atoms with van der Waals surface area (Å²) < 4.78 is 44.1. The second-order valence-electron chi connectivity index (χ2n) is 21.5. The Hall–Kier alpha value is -3.88. The number of rotatable bonds is 22. The normalized spacial score (nSPS) is 27.5. The van der Waals surface area contributed by atoms with Crippen LogP contribution in [0.2, 0.25) is 0 Å². The number of amides is 6. The van der Waals surface area contributed by atoms with Crippen molar-refractivity contribution < 1.29 is 120 Å². The number of hydroxylamine groups is 4. The molecular weight excluding hydrogens is 1340 g/mol. The standard InChI is InChI=1S/C14H19N3O4S2.C11H18N2O3S.C11H18N2O2S2.C10H16N2O2S2.C6H4F3NO4.CH4.Na.H2O/c18-10-5-6-11(19)17(10)21-12(20)4-2-1-3-9-13-8(7-23-9)15-14(22)16-13;1-16-9(14)5-3-2-4-8-10-7(6-17-8)12-11(15)13-10;1-15-9(14)5-3-2-4-8-10-7(6-17-8)12-11(16)13-10;13-8(14)4-2-1-3-7-9-6(5-16-7)11-10(15)12-9;7-6(8,9)5(13)14-10-3(11)1-2-4(10)12;;;/h8-9,13H,1-7H2,(H2,15,16,22);7-8,10H,2-6H2,1H3,(H2,12,13,15);7-8,10H,2-6H2,1H3,(H2,12,13,16);6-7,9H,1-5H2,(H,13,14)(H2,11,12,15);1-2H2;1H4;;1H2/q;;;;;;+1;/p-1/t8-,9-,13-;2*7-,8-,10-;6-,7-,9-;;;;/m0000..../s1. The van der Waals surface area contributed by atoms with E-state index in [9.17, 15) is 61.1 Å². The number of halogens is 3. The molecule has 10 N–H and O–H groups in total. The van der Waals surface area contributed by atoms with Crippen LogP contribution < -0.4 is 72.1 Å². The minimum atomic E-state index is -5.22. The average Bonchev–Trinajstić information content (AvgIpc) is 2.03. The molecule has 0 aromatic heterocycles. The van der Waals surface area contributed by atoms with Crippen molar-refractivity contribution in [3.05, 3.63) is 0 Å². The quantitative estimate of drug-likeness (QED) is 0.0182. The molecule has 10 rings (SSSR count). The number of fused-ring (bicyclic) bond motifs is 4. The Balaban J connectivity index is 0.000000294. The van der Waals surface area contributed by atoms with Gasteiger partial charge in [0.25, 0.3) is 23.6 Å². The van der Waals surface area contributed by atoms with Gasteiger partial charge in [-0.25, -0.2) is 14.4 Å². The first-order valence-corrected chi connectivity index (χ1v) is 34.2. The number of nitrogens with one attached hydrogen (secondary N) is 8. The van der Waals surface area contributed by atoms with E-state index in [0.717, 1.165) is 109 Å². The van der Waals surface area contributed by atoms with Gasteiger partial charge in [-0.1, -0.05) is 33.1 Å². The van der Waals surface area contributed by atoms with Crippen LogP contribution in [0, 0.1) is 0 Å². The number of methoxy groups -OCH3 is 2. The number of hydrogen-bond donors (Lipinski definition) is 9. The largest absolute Gasteiger partial charge is 1.00 e. The molecule has 10 heterocycles. The number of carbonyl (C=O) groups is 10. The third-order valence-electron chi connectivity index (χ3n) is 15.3. The maximum atomic E-state index is 11.7. The van der Waals surface area contributed by atoms with Gasteiger partial charge < -0.3 is 72.3 Å². The second kappa shape index (κ2) is 39.7. The summed E-state index contributed by atoms with van der Waals surface area (Å²) in [6.45, 7) is 0. The van der Waals surface area contributed by atoms with E-state index in [2.05, 4.69) is 56.8 Å². The number of carboxylic acid groups (broad SMARTS) is 1. The fourth-order valence-corrected chi connectivity index (χ4v) is 17.9. The van der Waals surface area contributed by atoms with Crippen LogP contribution in [0.4, 0.5) is 18.0 Å². The summed E-state index contributed by atoms with van der Waals surface area (Å²) in [7, 11) is 2.86. The molecule has 0 aromatic rings. The molecular formula is C53H80F3N10NaO16S7. The fraction of sp³-hybridized carbons (Fsp3) is 0.755. The number of unbranched alkanes of at least 4 members (excludes halogenated alkanes) is 4. The Morgan fingerprint density at radius 2 is 0.789 bits per heavy atom. The zero-order chi connectivity index (χ0) is 63.4. The maximum absolute atomic E-state index is 11.7. The molecule has 10 fully saturated rings. The van der Waals surface area contributed by atoms with Crippen molar-refractivity contribution in [3.63, 3.8) is 0 Å². The molecule has 10 aliphatic rings. The number of urea groups is 1. The second-order valence-corrected chi connectivity index (χ2v) is 27.8. The first kappa shape index (κ1) is 80.4. The van der Waals surface area contributed by atoms with Crippen molar-refractivity contribution in [1.29, 1.82) is 0 Å². The monoisotopic (exact) mass is 1420 g/mol. The fourth-order valence-electron chi connectivity index (χ4n) is 10.8. The van der Waals surface area contributed by atoms with Crippen LogP contribution >= 0.6 is 83.7 Å². The van der Waals surface area contributed by atoms with Crippen molar-refractivity contribution in [3.8, 4) is 0 Å². The summed E-state index contributed by atoms with van der Waals surface area (Å²) in [4.78, 5) is 118. The molecule has 0 aliphatic carbocycles. The van der Waals surface area contributed by atoms with Gasteiger partial charge in [-0.05, 0) is 88.0 Å². The summed E-state index contributed by atoms with van der Waals surface area (Å²) in [5, 5.41) is 39.1. The predicted molar refractivity (Wildman–Crippen MR) is 338 cm³/mol. The first-order chi connectivity index (χ1) is 41.4. The van der Waals surface area contributed by atoms with Crippen LogP contribution in [0.1, 0.15) is 136 Å². The topological polar surface area (TPSA) is 361 Å². The van der Waals surface area contributed by atoms with Gasteiger partial charge in [0.2, 0.25) is 0 Å². The number of imide groups is 2. The minimum absolute atomic E-state index is 0. The van der Waals surface area contributed by atoms with Gasteiger partial charge in [0.05, 0.1) is 62.6 Å². The number of alkyl halides is 3. The summed E-state index contributed by atoms with van der Waals surface area (Å²) >= 11 is 23.1. The van der Waals surface area contributed by atoms with Crippen molar-refractivity contribution in [2.75, 3.05) is 37.2 Å². The van der Waals surface area contributed by atoms with Crippen LogP contribution in [-0.4, -0.2) is 208 Å². The van der Waals surface area contributed by atoms with E-state index in [-0.39, 0.29) is 116 Å². The van der Waals surface area contributed by atoms with Crippen LogP contribution in [0.3, 0.4) is 0 Å². The molecule has 90 heavy (non-hydrogen) atoms. The molecule has 6 amide bonds. The van der Waals surface area contributed by atoms with Crippen LogP contribution in [0.15, 0.2) is 0 Å². The van der Waals surface area contributed by atoms with Gasteiger partial charge in [-0.2, -0.15) is 60.2 Å². The summed E-state index contributed by atoms with van der Waals surface area (Å²) in [6, 6.07) is 3.20. The Labute approximate surface area is 575 Å². The van der Waals surface area contributed by atoms with Crippen molar-refractivity contribution in [2.24, 2.45) is 0 Å². The third kappa shape index (κ3) is 25.1. The van der Waals surface area contributed by atoms with Crippen LogP contribution in [-0.2, 0) is 62.3 Å². The number of hydrogen-bond acceptors (Lipinski definition) is 22. The minimum Gasteiger partial charge on any atom is -0.870 e. The van der Waals surface area contributed by atoms with Crippen molar-refractivity contribution in [2.45, 2.75) is 211 Å². The smallest absolute Gasteiger partial charge is 0.870 e. The molecule has 12 atom stereocenters. The van der Waals surface area contributed by atoms with Crippen molar-refractivity contribution in [1.82, 2.24) is 52.7 Å². The number of carboxylic acids is 1. The Morgan fingerprint density at radius 1 is 0.489 bits per heavy atom. The number of thioether (sulfide) groups is 4. The summed E-state index contributed by atoms with van der Waals surface area (Å²) in [6.07, 6.45) is 7.53. The third-order valence-corrected chi connectivity index (χ3v) is 22.0. The van der Waals surface area contributed by atoms with Gasteiger partial charge in [0.15, 0.2) is 15.3 Å². The van der Waals surface area contributed by atoms with Crippen LogP contribution in [0.5, 0.6) is 0 Å². The Bertz CT molecular complexity index is 2450. The Morgan fingerprint density at radius 3 is 1.11 bits per heavy atom. The van der Waals surface area contributed by atoms with Crippen LogP contribution in [0.25, 0.3) is 0 Å². The van der Waals surface area contributed by atoms with E-state index < -0.39 is 47.7 Å². The molecule has 10 aliphatic heterocycles. The molecule has 26 nitrogen and oxygen atoms in total. The average molecular weight is 1420 g/mol. The molecule has 0 unspecified atom stereocenters.